The van der Waals surface area contributed by atoms with Gasteiger partial charge in [-0.05, 0) is 63.6 Å². The monoisotopic (exact) mass is 508 g/mol. The predicted octanol–water partition coefficient (Wildman–Crippen LogP) is 3.02. The number of urea groups is 1. The largest absolute Gasteiger partial charge is 0.389 e. The summed E-state index contributed by atoms with van der Waals surface area (Å²) in [5.74, 6) is -0.529. The first-order valence-electron chi connectivity index (χ1n) is 12.3. The van der Waals surface area contributed by atoms with Crippen LogP contribution >= 0.6 is 11.3 Å². The van der Waals surface area contributed by atoms with E-state index in [2.05, 4.69) is 35.5 Å². The van der Waals surface area contributed by atoms with Crippen molar-refractivity contribution in [2.24, 2.45) is 17.3 Å². The maximum atomic E-state index is 13.5. The van der Waals surface area contributed by atoms with Gasteiger partial charge in [-0.25, -0.2) is 9.18 Å². The maximum absolute atomic E-state index is 13.5. The van der Waals surface area contributed by atoms with Gasteiger partial charge >= 0.3 is 6.03 Å². The molecule has 35 heavy (non-hydrogen) atoms. The Labute approximate surface area is 213 Å². The van der Waals surface area contributed by atoms with Crippen molar-refractivity contribution in [3.8, 4) is 6.07 Å². The van der Waals surface area contributed by atoms with Gasteiger partial charge in [-0.1, -0.05) is 13.8 Å². The number of rotatable bonds is 12. The van der Waals surface area contributed by atoms with E-state index in [0.717, 1.165) is 29.8 Å². The Hall–Kier alpha value is -2.22. The van der Waals surface area contributed by atoms with Crippen LogP contribution < -0.4 is 16.4 Å². The molecule has 2 atom stereocenters. The number of aryl methyl sites for hydroxylation is 1. The average molecular weight is 509 g/mol. The molecule has 0 saturated heterocycles. The highest BCUT2D eigenvalue weighted by molar-refractivity contribution is 7.16. The lowest BCUT2D eigenvalue weighted by molar-refractivity contribution is -0.132. The first kappa shape index (κ1) is 29.0. The van der Waals surface area contributed by atoms with Crippen LogP contribution in [0.5, 0.6) is 0 Å². The summed E-state index contributed by atoms with van der Waals surface area (Å²) in [4.78, 5) is 31.0. The van der Waals surface area contributed by atoms with Crippen LogP contribution in [0, 0.1) is 28.6 Å². The molecule has 1 aliphatic carbocycles. The number of nitrogen functional groups attached to an aromatic ring is 1. The Bertz CT molecular complexity index is 911. The lowest BCUT2D eigenvalue weighted by atomic mass is 9.80. The molecule has 0 aliphatic heterocycles. The van der Waals surface area contributed by atoms with Gasteiger partial charge in [0, 0.05) is 37.6 Å². The van der Waals surface area contributed by atoms with Crippen molar-refractivity contribution in [3.63, 3.8) is 0 Å². The van der Waals surface area contributed by atoms with Crippen LogP contribution in [0.3, 0.4) is 0 Å². The van der Waals surface area contributed by atoms with E-state index in [1.807, 2.05) is 14.1 Å². The first-order chi connectivity index (χ1) is 16.5. The zero-order valence-corrected chi connectivity index (χ0v) is 22.6. The van der Waals surface area contributed by atoms with E-state index >= 15 is 0 Å². The Morgan fingerprint density at radius 1 is 1.37 bits per heavy atom. The van der Waals surface area contributed by atoms with Gasteiger partial charge in [0.1, 0.15) is 17.7 Å². The Morgan fingerprint density at radius 3 is 2.69 bits per heavy atom. The molecule has 10 heteroatoms. The van der Waals surface area contributed by atoms with Crippen LogP contribution in [0.1, 0.15) is 49.6 Å². The number of amides is 3. The molecule has 0 fully saturated rings. The van der Waals surface area contributed by atoms with Gasteiger partial charge in [-0.3, -0.25) is 9.69 Å². The number of nitriles is 1. The fraction of sp³-hybridized carbons (Fsp3) is 0.720. The van der Waals surface area contributed by atoms with Gasteiger partial charge in [0.25, 0.3) is 0 Å². The number of nitrogens with zero attached hydrogens (tertiary/aromatic N) is 3. The van der Waals surface area contributed by atoms with Crippen LogP contribution in [0.15, 0.2) is 0 Å². The molecule has 196 valence electrons. The minimum absolute atomic E-state index is 0.148. The van der Waals surface area contributed by atoms with Crippen molar-refractivity contribution in [3.05, 3.63) is 16.0 Å². The SMILES string of the molecule is CCN(C(=O)NCC(C)(C)CN(C)C)C(=O)C(CNCCF)CC1CCc2sc(N)c(C#N)c2C1. The highest BCUT2D eigenvalue weighted by Crippen LogP contribution is 2.39. The number of carbonyl (C=O) groups excluding carboxylic acids is 2. The molecule has 2 unspecified atom stereocenters. The number of carbonyl (C=O) groups is 2. The Kier molecular flexibility index (Phi) is 10.9. The van der Waals surface area contributed by atoms with E-state index in [1.54, 1.807) is 6.92 Å². The predicted molar refractivity (Wildman–Crippen MR) is 139 cm³/mol. The van der Waals surface area contributed by atoms with Crippen molar-refractivity contribution in [1.82, 2.24) is 20.4 Å². The molecule has 0 bridgehead atoms. The standard InChI is InChI=1S/C25H41FN6O2S/c1-6-32(24(34)30-15-25(2,3)16-31(4)5)23(33)18(14-29-10-9-26)11-17-7-8-21-19(12-17)20(13-27)22(28)35-21/h17-18,29H,6-12,14-16,28H2,1-5H3,(H,30,34). The summed E-state index contributed by atoms with van der Waals surface area (Å²) < 4.78 is 12.7. The van der Waals surface area contributed by atoms with Crippen LogP contribution in [0.25, 0.3) is 0 Å². The number of thiophene rings is 1. The number of nitrogens with two attached hydrogens (primary N) is 1. The molecule has 2 rings (SSSR count). The number of alkyl halides is 1. The number of hydrogen-bond donors (Lipinski definition) is 3. The van der Waals surface area contributed by atoms with E-state index in [0.29, 0.717) is 36.5 Å². The minimum atomic E-state index is -0.521. The number of hydrogen-bond acceptors (Lipinski definition) is 7. The fourth-order valence-electron chi connectivity index (χ4n) is 4.96. The molecule has 0 spiro atoms. The number of anilines is 1. The molecule has 1 heterocycles. The highest BCUT2D eigenvalue weighted by atomic mass is 32.1. The fourth-order valence-corrected chi connectivity index (χ4v) is 6.03. The molecular formula is C25H41FN6O2S. The smallest absolute Gasteiger partial charge is 0.324 e. The number of nitrogens with one attached hydrogen (secondary N) is 2. The van der Waals surface area contributed by atoms with E-state index in [4.69, 9.17) is 5.73 Å². The molecule has 0 saturated carbocycles. The van der Waals surface area contributed by atoms with Crippen LogP contribution in [-0.4, -0.2) is 75.2 Å². The number of halogens is 1. The van der Waals surface area contributed by atoms with E-state index in [1.165, 1.54) is 16.2 Å². The summed E-state index contributed by atoms with van der Waals surface area (Å²) in [6.45, 7) is 7.37. The highest BCUT2D eigenvalue weighted by Gasteiger charge is 2.33. The summed E-state index contributed by atoms with van der Waals surface area (Å²) >= 11 is 1.48. The Morgan fingerprint density at radius 2 is 2.09 bits per heavy atom. The molecule has 0 radical (unpaired) electrons. The second-order valence-electron chi connectivity index (χ2n) is 10.4. The van der Waals surface area contributed by atoms with Gasteiger partial charge in [-0.15, -0.1) is 11.3 Å². The lowest BCUT2D eigenvalue weighted by Gasteiger charge is -2.32. The quantitative estimate of drug-likeness (QED) is 0.374. The van der Waals surface area contributed by atoms with Crippen molar-refractivity contribution < 1.29 is 14.0 Å². The summed E-state index contributed by atoms with van der Waals surface area (Å²) in [6.07, 6.45) is 2.97. The zero-order chi connectivity index (χ0) is 26.2. The topological polar surface area (TPSA) is 114 Å². The van der Waals surface area contributed by atoms with Crippen LogP contribution in [-0.2, 0) is 17.6 Å². The molecule has 1 aliphatic rings. The summed E-state index contributed by atoms with van der Waals surface area (Å²) in [7, 11) is 3.97. The molecule has 8 nitrogen and oxygen atoms in total. The molecule has 3 amide bonds. The van der Waals surface area contributed by atoms with Crippen LogP contribution in [0.2, 0.25) is 0 Å². The molecule has 1 aromatic rings. The third-order valence-corrected chi connectivity index (χ3v) is 7.54. The van der Waals surface area contributed by atoms with Gasteiger partial charge in [0.2, 0.25) is 5.91 Å². The van der Waals surface area contributed by atoms with Crippen molar-refractivity contribution in [2.45, 2.75) is 46.5 Å². The van der Waals surface area contributed by atoms with Gasteiger partial charge in [0.15, 0.2) is 0 Å². The molecule has 4 N–H and O–H groups in total. The Balaban J connectivity index is 2.11. The normalized spacial score (nSPS) is 16.5. The van der Waals surface area contributed by atoms with E-state index < -0.39 is 18.6 Å². The van der Waals surface area contributed by atoms with Gasteiger partial charge < -0.3 is 21.3 Å². The summed E-state index contributed by atoms with van der Waals surface area (Å²) in [5, 5.41) is 16.0. The summed E-state index contributed by atoms with van der Waals surface area (Å²) in [5.41, 5.74) is 7.44. The number of imide groups is 1. The van der Waals surface area contributed by atoms with Gasteiger partial charge in [0.05, 0.1) is 11.5 Å². The zero-order valence-electron chi connectivity index (χ0n) is 21.7. The van der Waals surface area contributed by atoms with Crippen molar-refractivity contribution in [1.29, 1.82) is 5.26 Å². The molecule has 1 aromatic heterocycles. The average Bonchev–Trinajstić information content (AvgIpc) is 3.10. The number of fused-ring (bicyclic) bond motifs is 1. The molecular weight excluding hydrogens is 467 g/mol. The van der Waals surface area contributed by atoms with E-state index in [-0.39, 0.29) is 30.3 Å². The minimum Gasteiger partial charge on any atom is -0.389 e. The second-order valence-corrected chi connectivity index (χ2v) is 11.6. The third kappa shape index (κ3) is 8.16. The van der Waals surface area contributed by atoms with Crippen molar-refractivity contribution in [2.75, 3.05) is 59.2 Å². The molecule has 0 aromatic carbocycles. The second kappa shape index (κ2) is 13.2. The van der Waals surface area contributed by atoms with Crippen LogP contribution in [0.4, 0.5) is 14.2 Å². The van der Waals surface area contributed by atoms with E-state index in [9.17, 15) is 19.2 Å². The first-order valence-corrected chi connectivity index (χ1v) is 13.1. The van der Waals surface area contributed by atoms with Crippen molar-refractivity contribution >= 4 is 28.3 Å². The summed E-state index contributed by atoms with van der Waals surface area (Å²) in [6, 6.07) is 1.82. The maximum Gasteiger partial charge on any atom is 0.324 e. The third-order valence-electron chi connectivity index (χ3n) is 6.42. The van der Waals surface area contributed by atoms with Gasteiger partial charge in [-0.2, -0.15) is 5.26 Å². The lowest BCUT2D eigenvalue weighted by Crippen LogP contribution is -2.51.